The molecular formula is C20H23N3O5S. The molecule has 1 heterocycles. The fourth-order valence-electron chi connectivity index (χ4n) is 2.41. The minimum Gasteiger partial charge on any atom is -0.454 e. The standard InChI is InChI=1S/C20H23N3O5S/c1-2-21-17(24)12-22-18(25)13-28-20(27)15(11-14-7-4-3-5-8-14)23-19(26)16-9-6-10-29-16/h3-10,15H,2,11-13H2,1H3,(H,21,24)(H,22,25)(H,23,26)/t15-/m0/s1. The van der Waals surface area contributed by atoms with E-state index in [9.17, 15) is 19.2 Å². The van der Waals surface area contributed by atoms with E-state index in [1.165, 1.54) is 11.3 Å². The first-order valence-corrected chi connectivity index (χ1v) is 9.96. The van der Waals surface area contributed by atoms with Crippen LogP contribution in [0.15, 0.2) is 47.8 Å². The summed E-state index contributed by atoms with van der Waals surface area (Å²) in [7, 11) is 0. The van der Waals surface area contributed by atoms with Gasteiger partial charge in [0.25, 0.3) is 11.8 Å². The molecule has 1 aromatic carbocycles. The third-order valence-electron chi connectivity index (χ3n) is 3.78. The van der Waals surface area contributed by atoms with Crippen molar-refractivity contribution in [3.05, 3.63) is 58.3 Å². The van der Waals surface area contributed by atoms with Crippen molar-refractivity contribution in [3.8, 4) is 0 Å². The van der Waals surface area contributed by atoms with Gasteiger partial charge in [-0.15, -0.1) is 11.3 Å². The molecule has 0 bridgehead atoms. The maximum absolute atomic E-state index is 12.5. The molecule has 0 saturated carbocycles. The molecule has 2 rings (SSSR count). The third-order valence-corrected chi connectivity index (χ3v) is 4.65. The third kappa shape index (κ3) is 7.74. The Kier molecular flexibility index (Phi) is 8.84. The van der Waals surface area contributed by atoms with Crippen LogP contribution >= 0.6 is 11.3 Å². The van der Waals surface area contributed by atoms with E-state index in [1.54, 1.807) is 24.4 Å². The molecule has 0 aliphatic heterocycles. The Morgan fingerprint density at radius 2 is 1.76 bits per heavy atom. The number of esters is 1. The molecule has 29 heavy (non-hydrogen) atoms. The Hall–Kier alpha value is -3.20. The second kappa shape index (κ2) is 11.6. The normalized spacial score (nSPS) is 11.2. The lowest BCUT2D eigenvalue weighted by molar-refractivity contribution is -0.150. The molecule has 0 radical (unpaired) electrons. The first-order valence-electron chi connectivity index (χ1n) is 9.08. The van der Waals surface area contributed by atoms with Crippen molar-refractivity contribution in [1.82, 2.24) is 16.0 Å². The average molecular weight is 417 g/mol. The van der Waals surface area contributed by atoms with E-state index in [2.05, 4.69) is 16.0 Å². The minimum absolute atomic E-state index is 0.202. The Balaban J connectivity index is 1.94. The van der Waals surface area contributed by atoms with Crippen LogP contribution in [-0.2, 0) is 25.5 Å². The van der Waals surface area contributed by atoms with Crippen LogP contribution in [0.25, 0.3) is 0 Å². The smallest absolute Gasteiger partial charge is 0.329 e. The summed E-state index contributed by atoms with van der Waals surface area (Å²) in [6.45, 7) is 1.47. The van der Waals surface area contributed by atoms with Gasteiger partial charge in [-0.05, 0) is 23.9 Å². The molecular weight excluding hydrogens is 394 g/mol. The number of nitrogens with one attached hydrogen (secondary N) is 3. The number of hydrogen-bond donors (Lipinski definition) is 3. The second-order valence-electron chi connectivity index (χ2n) is 6.03. The number of thiophene rings is 1. The fraction of sp³-hybridized carbons (Fsp3) is 0.300. The second-order valence-corrected chi connectivity index (χ2v) is 6.98. The number of carbonyl (C=O) groups excluding carboxylic acids is 4. The minimum atomic E-state index is -0.955. The molecule has 0 fully saturated rings. The first kappa shape index (κ1) is 22.1. The van der Waals surface area contributed by atoms with Gasteiger partial charge >= 0.3 is 5.97 Å². The average Bonchev–Trinajstić information content (AvgIpc) is 3.26. The molecule has 0 aliphatic carbocycles. The predicted molar refractivity (Wildman–Crippen MR) is 108 cm³/mol. The fourth-order valence-corrected chi connectivity index (χ4v) is 3.03. The zero-order valence-corrected chi connectivity index (χ0v) is 16.8. The van der Waals surface area contributed by atoms with E-state index in [1.807, 2.05) is 30.3 Å². The Morgan fingerprint density at radius 1 is 1.00 bits per heavy atom. The highest BCUT2D eigenvalue weighted by molar-refractivity contribution is 7.12. The molecule has 0 unspecified atom stereocenters. The Bertz CT molecular complexity index is 824. The number of amides is 3. The molecule has 154 valence electrons. The monoisotopic (exact) mass is 417 g/mol. The number of carbonyl (C=O) groups is 4. The van der Waals surface area contributed by atoms with Crippen LogP contribution in [0.5, 0.6) is 0 Å². The van der Waals surface area contributed by atoms with E-state index in [0.717, 1.165) is 5.56 Å². The number of likely N-dealkylation sites (N-methyl/N-ethyl adjacent to an activating group) is 1. The van der Waals surface area contributed by atoms with Crippen molar-refractivity contribution < 1.29 is 23.9 Å². The van der Waals surface area contributed by atoms with Gasteiger partial charge in [0.1, 0.15) is 6.04 Å². The van der Waals surface area contributed by atoms with Crippen molar-refractivity contribution in [2.75, 3.05) is 19.7 Å². The molecule has 3 N–H and O–H groups in total. The van der Waals surface area contributed by atoms with Gasteiger partial charge in [-0.1, -0.05) is 36.4 Å². The lowest BCUT2D eigenvalue weighted by Gasteiger charge is -2.17. The van der Waals surface area contributed by atoms with E-state index in [-0.39, 0.29) is 18.9 Å². The van der Waals surface area contributed by atoms with E-state index >= 15 is 0 Å². The summed E-state index contributed by atoms with van der Waals surface area (Å²) < 4.78 is 5.05. The van der Waals surface area contributed by atoms with Gasteiger partial charge < -0.3 is 20.7 Å². The zero-order chi connectivity index (χ0) is 21.1. The number of rotatable bonds is 10. The van der Waals surface area contributed by atoms with Crippen molar-refractivity contribution in [2.45, 2.75) is 19.4 Å². The summed E-state index contributed by atoms with van der Waals surface area (Å²) >= 11 is 1.26. The van der Waals surface area contributed by atoms with Crippen LogP contribution in [0.1, 0.15) is 22.2 Å². The highest BCUT2D eigenvalue weighted by Gasteiger charge is 2.24. The number of ether oxygens (including phenoxy) is 1. The van der Waals surface area contributed by atoms with Gasteiger partial charge in [0.15, 0.2) is 6.61 Å². The highest BCUT2D eigenvalue weighted by Crippen LogP contribution is 2.10. The van der Waals surface area contributed by atoms with E-state index in [0.29, 0.717) is 11.4 Å². The maximum Gasteiger partial charge on any atom is 0.329 e. The van der Waals surface area contributed by atoms with Crippen LogP contribution in [0.2, 0.25) is 0 Å². The summed E-state index contributed by atoms with van der Waals surface area (Å²) in [4.78, 5) is 48.5. The molecule has 1 aromatic heterocycles. The SMILES string of the molecule is CCNC(=O)CNC(=O)COC(=O)[C@H](Cc1ccccc1)NC(=O)c1cccs1. The summed E-state index contributed by atoms with van der Waals surface area (Å²) in [5.74, 6) is -2.06. The molecule has 1 atom stereocenters. The molecule has 3 amide bonds. The van der Waals surface area contributed by atoms with Crippen LogP contribution < -0.4 is 16.0 Å². The Labute approximate surface area is 172 Å². The Morgan fingerprint density at radius 3 is 2.41 bits per heavy atom. The van der Waals surface area contributed by atoms with Gasteiger partial charge in [-0.25, -0.2) is 4.79 Å². The molecule has 0 saturated heterocycles. The summed E-state index contributed by atoms with van der Waals surface area (Å²) in [6.07, 6.45) is 0.220. The molecule has 9 heteroatoms. The van der Waals surface area contributed by atoms with Crippen LogP contribution in [0.3, 0.4) is 0 Å². The van der Waals surface area contributed by atoms with Gasteiger partial charge in [0.2, 0.25) is 5.91 Å². The summed E-state index contributed by atoms with van der Waals surface area (Å²) in [5, 5.41) is 9.32. The number of hydrogen-bond acceptors (Lipinski definition) is 6. The predicted octanol–water partition coefficient (Wildman–Crippen LogP) is 0.885. The van der Waals surface area contributed by atoms with Crippen LogP contribution in [0.4, 0.5) is 0 Å². The lowest BCUT2D eigenvalue weighted by atomic mass is 10.1. The topological polar surface area (TPSA) is 114 Å². The maximum atomic E-state index is 12.5. The van der Waals surface area contributed by atoms with Gasteiger partial charge in [0, 0.05) is 13.0 Å². The largest absolute Gasteiger partial charge is 0.454 e. The van der Waals surface area contributed by atoms with Crippen molar-refractivity contribution >= 4 is 35.0 Å². The number of benzene rings is 1. The summed E-state index contributed by atoms with van der Waals surface area (Å²) in [6, 6.07) is 11.6. The molecule has 0 spiro atoms. The van der Waals surface area contributed by atoms with Crippen molar-refractivity contribution in [3.63, 3.8) is 0 Å². The van der Waals surface area contributed by atoms with Crippen LogP contribution in [-0.4, -0.2) is 49.4 Å². The van der Waals surface area contributed by atoms with Crippen molar-refractivity contribution in [1.29, 1.82) is 0 Å². The first-order chi connectivity index (χ1) is 14.0. The molecule has 0 aliphatic rings. The van der Waals surface area contributed by atoms with E-state index < -0.39 is 30.4 Å². The van der Waals surface area contributed by atoms with Crippen LogP contribution in [0, 0.1) is 0 Å². The van der Waals surface area contributed by atoms with Crippen molar-refractivity contribution in [2.24, 2.45) is 0 Å². The van der Waals surface area contributed by atoms with Gasteiger partial charge in [-0.2, -0.15) is 0 Å². The highest BCUT2D eigenvalue weighted by atomic mass is 32.1. The van der Waals surface area contributed by atoms with Gasteiger partial charge in [0.05, 0.1) is 11.4 Å². The molecule has 2 aromatic rings. The quantitative estimate of drug-likeness (QED) is 0.497. The van der Waals surface area contributed by atoms with Gasteiger partial charge in [-0.3, -0.25) is 14.4 Å². The lowest BCUT2D eigenvalue weighted by Crippen LogP contribution is -2.44. The zero-order valence-electron chi connectivity index (χ0n) is 16.0. The summed E-state index contributed by atoms with van der Waals surface area (Å²) in [5.41, 5.74) is 0.835. The van der Waals surface area contributed by atoms with E-state index in [4.69, 9.17) is 4.74 Å². The molecule has 8 nitrogen and oxygen atoms in total.